The van der Waals surface area contributed by atoms with E-state index in [-0.39, 0.29) is 0 Å². The maximum atomic E-state index is 6.17. The van der Waals surface area contributed by atoms with E-state index >= 15 is 0 Å². The Labute approximate surface area is 176 Å². The lowest BCUT2D eigenvalue weighted by Gasteiger charge is -2.24. The fourth-order valence-electron chi connectivity index (χ4n) is 4.11. The van der Waals surface area contributed by atoms with E-state index in [0.29, 0.717) is 25.1 Å². The van der Waals surface area contributed by atoms with Crippen LogP contribution in [-0.2, 0) is 11.3 Å². The minimum Gasteiger partial charge on any atom is -0.493 e. The van der Waals surface area contributed by atoms with Gasteiger partial charge in [-0.25, -0.2) is 4.99 Å². The number of guanidine groups is 1. The van der Waals surface area contributed by atoms with Gasteiger partial charge in [-0.3, -0.25) is 4.90 Å². The molecule has 1 aromatic rings. The first-order valence-corrected chi connectivity index (χ1v) is 11.3. The van der Waals surface area contributed by atoms with Crippen molar-refractivity contribution in [2.24, 2.45) is 10.9 Å². The van der Waals surface area contributed by atoms with Crippen LogP contribution in [0.4, 0.5) is 0 Å². The summed E-state index contributed by atoms with van der Waals surface area (Å²) in [5.41, 5.74) is 2.34. The number of nitrogens with zero attached hydrogens (tertiary/aromatic N) is 2. The van der Waals surface area contributed by atoms with Gasteiger partial charge in [-0.1, -0.05) is 19.1 Å². The smallest absolute Gasteiger partial charge is 0.191 e. The highest BCUT2D eigenvalue weighted by Crippen LogP contribution is 2.23. The molecule has 2 N–H and O–H groups in total. The third-order valence-electron chi connectivity index (χ3n) is 5.88. The molecule has 0 amide bonds. The molecule has 0 bridgehead atoms. The Morgan fingerprint density at radius 2 is 2.17 bits per heavy atom. The molecule has 2 saturated heterocycles. The molecule has 2 atom stereocenters. The van der Waals surface area contributed by atoms with E-state index in [9.17, 15) is 0 Å². The SMILES string of the molecule is CCNC(=NCc1ccc(C)cc1OCC1CCOC1)NCC1CCCN1CC. The summed E-state index contributed by atoms with van der Waals surface area (Å²) in [6.07, 6.45) is 3.65. The topological polar surface area (TPSA) is 58.1 Å². The summed E-state index contributed by atoms with van der Waals surface area (Å²) in [5.74, 6) is 2.33. The van der Waals surface area contributed by atoms with E-state index in [0.717, 1.165) is 56.5 Å². The number of likely N-dealkylation sites (tertiary alicyclic amines) is 1. The zero-order chi connectivity index (χ0) is 20.5. The van der Waals surface area contributed by atoms with Crippen LogP contribution >= 0.6 is 0 Å². The predicted octanol–water partition coefficient (Wildman–Crippen LogP) is 2.95. The van der Waals surface area contributed by atoms with E-state index in [2.05, 4.69) is 54.5 Å². The lowest BCUT2D eigenvalue weighted by Crippen LogP contribution is -2.44. The number of aliphatic imine (C=N–C) groups is 1. The van der Waals surface area contributed by atoms with Crippen LogP contribution in [0.25, 0.3) is 0 Å². The number of nitrogens with one attached hydrogen (secondary N) is 2. The van der Waals surface area contributed by atoms with Gasteiger partial charge in [-0.2, -0.15) is 0 Å². The summed E-state index contributed by atoms with van der Waals surface area (Å²) in [5, 5.41) is 6.92. The monoisotopic (exact) mass is 402 g/mol. The summed E-state index contributed by atoms with van der Waals surface area (Å²) < 4.78 is 11.6. The largest absolute Gasteiger partial charge is 0.493 e. The average Bonchev–Trinajstić information content (AvgIpc) is 3.41. The molecule has 0 aliphatic carbocycles. The second-order valence-corrected chi connectivity index (χ2v) is 8.15. The maximum Gasteiger partial charge on any atom is 0.191 e. The van der Waals surface area contributed by atoms with Gasteiger partial charge in [-0.05, 0) is 57.8 Å². The van der Waals surface area contributed by atoms with E-state index < -0.39 is 0 Å². The molecule has 162 valence electrons. The van der Waals surface area contributed by atoms with Crippen molar-refractivity contribution in [3.05, 3.63) is 29.3 Å². The summed E-state index contributed by atoms with van der Waals surface area (Å²) in [6, 6.07) is 7.00. The van der Waals surface area contributed by atoms with Crippen LogP contribution in [0, 0.1) is 12.8 Å². The highest BCUT2D eigenvalue weighted by atomic mass is 16.5. The molecule has 1 aromatic carbocycles. The van der Waals surface area contributed by atoms with Gasteiger partial charge in [0, 0.05) is 37.2 Å². The number of aryl methyl sites for hydroxylation is 1. The minimum atomic E-state index is 0.499. The highest BCUT2D eigenvalue weighted by molar-refractivity contribution is 5.79. The van der Waals surface area contributed by atoms with Crippen LogP contribution in [-0.4, -0.2) is 62.9 Å². The van der Waals surface area contributed by atoms with Gasteiger partial charge >= 0.3 is 0 Å². The van der Waals surface area contributed by atoms with Crippen LogP contribution < -0.4 is 15.4 Å². The first-order chi connectivity index (χ1) is 14.2. The molecule has 2 fully saturated rings. The van der Waals surface area contributed by atoms with Crippen molar-refractivity contribution in [3.63, 3.8) is 0 Å². The number of hydrogen-bond acceptors (Lipinski definition) is 4. The van der Waals surface area contributed by atoms with Crippen molar-refractivity contribution in [1.29, 1.82) is 0 Å². The molecule has 2 aliphatic heterocycles. The third-order valence-corrected chi connectivity index (χ3v) is 5.88. The Bertz CT molecular complexity index is 658. The number of ether oxygens (including phenoxy) is 2. The summed E-state index contributed by atoms with van der Waals surface area (Å²) in [7, 11) is 0. The van der Waals surface area contributed by atoms with Gasteiger partial charge in [0.2, 0.25) is 0 Å². The molecule has 0 spiro atoms. The van der Waals surface area contributed by atoms with Crippen LogP contribution in [0.1, 0.15) is 44.2 Å². The van der Waals surface area contributed by atoms with Gasteiger partial charge in [0.15, 0.2) is 5.96 Å². The number of rotatable bonds is 9. The predicted molar refractivity (Wildman–Crippen MR) is 119 cm³/mol. The van der Waals surface area contributed by atoms with E-state index in [1.807, 2.05) is 0 Å². The number of hydrogen-bond donors (Lipinski definition) is 2. The van der Waals surface area contributed by atoms with Crippen molar-refractivity contribution in [2.45, 2.75) is 52.6 Å². The van der Waals surface area contributed by atoms with Crippen LogP contribution in [0.2, 0.25) is 0 Å². The van der Waals surface area contributed by atoms with Crippen molar-refractivity contribution < 1.29 is 9.47 Å². The summed E-state index contributed by atoms with van der Waals surface area (Å²) in [6.45, 7) is 13.6. The molecule has 29 heavy (non-hydrogen) atoms. The molecule has 3 rings (SSSR count). The molecule has 6 nitrogen and oxygen atoms in total. The molecule has 2 heterocycles. The second-order valence-electron chi connectivity index (χ2n) is 8.15. The normalized spacial score (nSPS) is 22.8. The third kappa shape index (κ3) is 6.61. The lowest BCUT2D eigenvalue weighted by atomic mass is 10.1. The van der Waals surface area contributed by atoms with Crippen LogP contribution in [0.15, 0.2) is 23.2 Å². The zero-order valence-electron chi connectivity index (χ0n) is 18.4. The van der Waals surface area contributed by atoms with E-state index in [1.54, 1.807) is 0 Å². The first-order valence-electron chi connectivity index (χ1n) is 11.3. The molecule has 6 heteroatoms. The number of likely N-dealkylation sites (N-methyl/N-ethyl adjacent to an activating group) is 1. The zero-order valence-corrected chi connectivity index (χ0v) is 18.4. The van der Waals surface area contributed by atoms with Gasteiger partial charge in [-0.15, -0.1) is 0 Å². The Hall–Kier alpha value is -1.79. The van der Waals surface area contributed by atoms with Crippen molar-refractivity contribution in [3.8, 4) is 5.75 Å². The van der Waals surface area contributed by atoms with Crippen molar-refractivity contribution in [1.82, 2.24) is 15.5 Å². The Kier molecular flexibility index (Phi) is 8.62. The molecular formula is C23H38N4O2. The molecule has 0 saturated carbocycles. The van der Waals surface area contributed by atoms with Crippen LogP contribution in [0.5, 0.6) is 5.75 Å². The molecule has 2 unspecified atom stereocenters. The average molecular weight is 403 g/mol. The summed E-state index contributed by atoms with van der Waals surface area (Å²) >= 11 is 0. The Morgan fingerprint density at radius 3 is 2.93 bits per heavy atom. The van der Waals surface area contributed by atoms with Gasteiger partial charge in [0.1, 0.15) is 5.75 Å². The Morgan fingerprint density at radius 1 is 1.28 bits per heavy atom. The van der Waals surface area contributed by atoms with E-state index in [4.69, 9.17) is 14.5 Å². The van der Waals surface area contributed by atoms with Gasteiger partial charge in [0.05, 0.1) is 19.8 Å². The minimum absolute atomic E-state index is 0.499. The first kappa shape index (κ1) is 21.9. The molecule has 0 aromatic heterocycles. The summed E-state index contributed by atoms with van der Waals surface area (Å²) in [4.78, 5) is 7.39. The fraction of sp³-hybridized carbons (Fsp3) is 0.696. The van der Waals surface area contributed by atoms with Gasteiger partial charge < -0.3 is 20.1 Å². The van der Waals surface area contributed by atoms with E-state index in [1.165, 1.54) is 24.9 Å². The molecule has 0 radical (unpaired) electrons. The number of benzene rings is 1. The Balaban J connectivity index is 1.60. The fourth-order valence-corrected chi connectivity index (χ4v) is 4.11. The standard InChI is InChI=1S/C23H38N4O2/c1-4-24-23(26-15-21-7-6-11-27(21)5-2)25-14-20-9-8-18(3)13-22(20)29-17-19-10-12-28-16-19/h8-9,13,19,21H,4-7,10-12,14-17H2,1-3H3,(H2,24,25,26). The quantitative estimate of drug-likeness (QED) is 0.491. The van der Waals surface area contributed by atoms with Crippen molar-refractivity contribution in [2.75, 3.05) is 46.0 Å². The van der Waals surface area contributed by atoms with Gasteiger partial charge in [0.25, 0.3) is 0 Å². The lowest BCUT2D eigenvalue weighted by molar-refractivity contribution is 0.166. The molecule has 2 aliphatic rings. The second kappa shape index (κ2) is 11.4. The van der Waals surface area contributed by atoms with Crippen LogP contribution in [0.3, 0.4) is 0 Å². The highest BCUT2D eigenvalue weighted by Gasteiger charge is 2.22. The molecular weight excluding hydrogens is 364 g/mol. The van der Waals surface area contributed by atoms with Crippen molar-refractivity contribution >= 4 is 5.96 Å². The maximum absolute atomic E-state index is 6.17.